The third-order valence-corrected chi connectivity index (χ3v) is 11.0. The number of nitrogens with zero attached hydrogens (tertiary/aromatic N) is 3. The lowest BCUT2D eigenvalue weighted by Crippen LogP contribution is -2.57. The molecule has 2 heterocycles. The summed E-state index contributed by atoms with van der Waals surface area (Å²) in [6, 6.07) is 12.1. The van der Waals surface area contributed by atoms with Gasteiger partial charge in [0.1, 0.15) is 23.9 Å². The molecule has 10 nitrogen and oxygen atoms in total. The molecule has 2 aromatic rings. The molecule has 0 radical (unpaired) electrons. The number of fused-ring (bicyclic) bond motifs is 2. The largest absolute Gasteiger partial charge is 0.332 e. The number of benzene rings is 2. The second kappa shape index (κ2) is 12.2. The van der Waals surface area contributed by atoms with Crippen molar-refractivity contribution in [3.05, 3.63) is 65.5 Å². The highest BCUT2D eigenvalue weighted by molar-refractivity contribution is 7.90. The number of nitrogens with one attached hydrogen (secondary N) is 2. The number of sulfonamides is 1. The van der Waals surface area contributed by atoms with Crippen LogP contribution in [0.1, 0.15) is 64.0 Å². The zero-order valence-corrected chi connectivity index (χ0v) is 26.9. The molecule has 2 fully saturated rings. The number of halogens is 1. The summed E-state index contributed by atoms with van der Waals surface area (Å²) in [4.78, 5) is 44.6. The van der Waals surface area contributed by atoms with E-state index in [4.69, 9.17) is 0 Å². The SMILES string of the molecule is CN(C(=O)[C@H](CCc1ccc(F)cc1)NS(=O)(=O)C1CC1)[C@@H](CC(C)(C)C)C(=O)N1C[C@]2(C[C@H]1C#N)C(=O)Nc1ccccc12. The molecule has 1 spiro atoms. The van der Waals surface area contributed by atoms with E-state index < -0.39 is 61.9 Å². The summed E-state index contributed by atoms with van der Waals surface area (Å²) >= 11 is 0. The molecule has 5 rings (SSSR count). The Labute approximate surface area is 264 Å². The number of rotatable bonds is 10. The predicted octanol–water partition coefficient (Wildman–Crippen LogP) is 3.49. The molecule has 1 aliphatic carbocycles. The Balaban J connectivity index is 1.43. The maximum absolute atomic E-state index is 14.4. The van der Waals surface area contributed by atoms with Crippen molar-refractivity contribution >= 4 is 33.4 Å². The first-order valence-corrected chi connectivity index (χ1v) is 16.8. The van der Waals surface area contributed by atoms with Crippen molar-refractivity contribution in [3.63, 3.8) is 0 Å². The van der Waals surface area contributed by atoms with Gasteiger partial charge in [0.2, 0.25) is 27.7 Å². The van der Waals surface area contributed by atoms with Crippen molar-refractivity contribution in [2.24, 2.45) is 5.41 Å². The summed E-state index contributed by atoms with van der Waals surface area (Å²) < 4.78 is 42.1. The Morgan fingerprint density at radius 1 is 1.18 bits per heavy atom. The molecule has 240 valence electrons. The molecule has 3 aliphatic rings. The number of hydrogen-bond donors (Lipinski definition) is 2. The summed E-state index contributed by atoms with van der Waals surface area (Å²) in [5.41, 5.74) is 0.609. The molecular weight excluding hydrogens is 597 g/mol. The number of anilines is 1. The van der Waals surface area contributed by atoms with Crippen LogP contribution in [0.5, 0.6) is 0 Å². The number of amides is 3. The van der Waals surface area contributed by atoms with Crippen molar-refractivity contribution < 1.29 is 27.2 Å². The molecule has 1 saturated heterocycles. The second-order valence-electron chi connectivity index (χ2n) is 13.7. The number of para-hydroxylation sites is 1. The molecule has 0 aromatic heterocycles. The summed E-state index contributed by atoms with van der Waals surface area (Å²) in [5.74, 6) is -1.72. The Bertz CT molecular complexity index is 1630. The van der Waals surface area contributed by atoms with E-state index in [-0.39, 0.29) is 31.7 Å². The zero-order chi connectivity index (χ0) is 32.7. The summed E-state index contributed by atoms with van der Waals surface area (Å²) in [7, 11) is -2.29. The fourth-order valence-corrected chi connectivity index (χ4v) is 7.98. The minimum absolute atomic E-state index is 0.0160. The van der Waals surface area contributed by atoms with Crippen molar-refractivity contribution in [1.29, 1.82) is 5.26 Å². The topological polar surface area (TPSA) is 140 Å². The van der Waals surface area contributed by atoms with Crippen LogP contribution >= 0.6 is 0 Å². The second-order valence-corrected chi connectivity index (χ2v) is 15.7. The molecule has 2 N–H and O–H groups in total. The summed E-state index contributed by atoms with van der Waals surface area (Å²) in [6.45, 7) is 5.78. The van der Waals surface area contributed by atoms with Gasteiger partial charge in [0.25, 0.3) is 0 Å². The molecule has 12 heteroatoms. The molecular formula is C33H40FN5O5S. The Morgan fingerprint density at radius 2 is 1.84 bits per heavy atom. The van der Waals surface area contributed by atoms with Crippen LogP contribution in [0.15, 0.2) is 48.5 Å². The monoisotopic (exact) mass is 637 g/mol. The van der Waals surface area contributed by atoms with Crippen molar-refractivity contribution in [1.82, 2.24) is 14.5 Å². The van der Waals surface area contributed by atoms with Crippen LogP contribution in [0, 0.1) is 22.6 Å². The molecule has 0 bridgehead atoms. The highest BCUT2D eigenvalue weighted by Gasteiger charge is 2.57. The first-order chi connectivity index (χ1) is 21.1. The quantitative estimate of drug-likeness (QED) is 0.409. The van der Waals surface area contributed by atoms with Gasteiger partial charge in [-0.05, 0) is 66.8 Å². The molecule has 0 unspecified atom stereocenters. The van der Waals surface area contributed by atoms with Gasteiger partial charge < -0.3 is 15.1 Å². The van der Waals surface area contributed by atoms with Gasteiger partial charge in [-0.25, -0.2) is 17.5 Å². The van der Waals surface area contributed by atoms with Crippen LogP contribution in [-0.2, 0) is 36.2 Å². The number of likely N-dealkylation sites (N-methyl/N-ethyl adjacent to an activating group) is 1. The van der Waals surface area contributed by atoms with Gasteiger partial charge >= 0.3 is 0 Å². The van der Waals surface area contributed by atoms with Crippen LogP contribution in [0.3, 0.4) is 0 Å². The van der Waals surface area contributed by atoms with E-state index in [0.29, 0.717) is 24.9 Å². The number of aryl methyl sites for hydroxylation is 1. The molecule has 2 aromatic carbocycles. The van der Waals surface area contributed by atoms with Gasteiger partial charge in [-0.3, -0.25) is 14.4 Å². The third kappa shape index (κ3) is 6.75. The Kier molecular flexibility index (Phi) is 8.81. The highest BCUT2D eigenvalue weighted by atomic mass is 32.2. The van der Waals surface area contributed by atoms with Crippen molar-refractivity contribution in [3.8, 4) is 6.07 Å². The minimum Gasteiger partial charge on any atom is -0.332 e. The predicted molar refractivity (Wildman–Crippen MR) is 167 cm³/mol. The average Bonchev–Trinajstić information content (AvgIpc) is 3.74. The van der Waals surface area contributed by atoms with E-state index >= 15 is 0 Å². The first kappa shape index (κ1) is 32.6. The standard InChI is InChI=1S/C33H40FN5O5S/c1-32(2,3)18-28(30(41)39-20-33(17-23(39)19-35)25-7-5-6-8-26(25)36-31(33)42)38(4)29(40)27(37-45(43,44)24-14-15-24)16-11-21-9-12-22(34)13-10-21/h5-10,12-13,23-24,27-28,37H,11,14-18,20H2,1-4H3,(H,36,42)/t23-,27-,28-,33-/m0/s1. The van der Waals surface area contributed by atoms with Gasteiger partial charge in [-0.15, -0.1) is 0 Å². The maximum atomic E-state index is 14.4. The van der Waals surface area contributed by atoms with Gasteiger partial charge in [-0.2, -0.15) is 5.26 Å². The van der Waals surface area contributed by atoms with Crippen molar-refractivity contribution in [2.75, 3.05) is 18.9 Å². The van der Waals surface area contributed by atoms with Crippen LogP contribution in [0.4, 0.5) is 10.1 Å². The number of carbonyl (C=O) groups is 3. The van der Waals surface area contributed by atoms with Crippen LogP contribution in [0.2, 0.25) is 0 Å². The lowest BCUT2D eigenvalue weighted by Gasteiger charge is -2.37. The minimum atomic E-state index is -3.78. The van der Waals surface area contributed by atoms with Gasteiger partial charge in [0, 0.05) is 25.7 Å². The maximum Gasteiger partial charge on any atom is 0.246 e. The lowest BCUT2D eigenvalue weighted by molar-refractivity contribution is -0.146. The van der Waals surface area contributed by atoms with Gasteiger partial charge in [0.15, 0.2) is 0 Å². The van der Waals surface area contributed by atoms with Gasteiger partial charge in [0.05, 0.1) is 16.7 Å². The van der Waals surface area contributed by atoms with E-state index in [9.17, 15) is 32.5 Å². The summed E-state index contributed by atoms with van der Waals surface area (Å²) in [5, 5.41) is 12.5. The lowest BCUT2D eigenvalue weighted by atomic mass is 9.80. The Morgan fingerprint density at radius 3 is 2.47 bits per heavy atom. The average molecular weight is 638 g/mol. The fourth-order valence-electron chi connectivity index (χ4n) is 6.41. The number of likely N-dealkylation sites (tertiary alicyclic amines) is 1. The first-order valence-electron chi connectivity index (χ1n) is 15.3. The summed E-state index contributed by atoms with van der Waals surface area (Å²) in [6.07, 6.45) is 1.78. The molecule has 1 saturated carbocycles. The number of nitriles is 1. The highest BCUT2D eigenvalue weighted by Crippen LogP contribution is 2.46. The van der Waals surface area contributed by atoms with Crippen LogP contribution in [0.25, 0.3) is 0 Å². The number of hydrogen-bond acceptors (Lipinski definition) is 6. The fraction of sp³-hybridized carbons (Fsp3) is 0.515. The zero-order valence-electron chi connectivity index (χ0n) is 26.0. The molecule has 4 atom stereocenters. The van der Waals surface area contributed by atoms with Crippen molar-refractivity contribution in [2.45, 2.75) is 88.1 Å². The van der Waals surface area contributed by atoms with E-state index in [0.717, 1.165) is 11.1 Å². The normalized spacial score (nSPS) is 22.4. The Hall–Kier alpha value is -3.82. The van der Waals surface area contributed by atoms with E-state index in [2.05, 4.69) is 16.1 Å². The molecule has 45 heavy (non-hydrogen) atoms. The van der Waals surface area contributed by atoms with E-state index in [1.807, 2.05) is 39.0 Å². The number of carbonyl (C=O) groups excluding carboxylic acids is 3. The molecule has 2 aliphatic heterocycles. The van der Waals surface area contributed by atoms with E-state index in [1.54, 1.807) is 18.2 Å². The molecule has 3 amide bonds. The van der Waals surface area contributed by atoms with Crippen LogP contribution in [-0.4, -0.2) is 72.9 Å². The smallest absolute Gasteiger partial charge is 0.246 e. The third-order valence-electron chi connectivity index (χ3n) is 9.02. The van der Waals surface area contributed by atoms with Crippen LogP contribution < -0.4 is 10.0 Å². The van der Waals surface area contributed by atoms with E-state index in [1.165, 1.54) is 29.0 Å². The van der Waals surface area contributed by atoms with Gasteiger partial charge in [-0.1, -0.05) is 51.1 Å².